The molecule has 0 N–H and O–H groups in total. The van der Waals surface area contributed by atoms with Crippen LogP contribution in [0.25, 0.3) is 0 Å². The van der Waals surface area contributed by atoms with Crippen LogP contribution in [0.3, 0.4) is 0 Å². The molecule has 0 spiro atoms. The fourth-order valence-electron chi connectivity index (χ4n) is 15.3. The number of ether oxygens (including phenoxy) is 4. The Morgan fingerprint density at radius 2 is 0.267 bits per heavy atom. The average molecular weight is 1270 g/mol. The van der Waals surface area contributed by atoms with E-state index < -0.39 is 0 Å². The zero-order chi connectivity index (χ0) is 66.6. The molecule has 0 bridgehead atoms. The molecule has 0 saturated carbocycles. The number of hydrogen-bond donors (Lipinski definition) is 0. The summed E-state index contributed by atoms with van der Waals surface area (Å²) in [5.41, 5.74) is 0. The Morgan fingerprint density at radius 3 is 0.422 bits per heavy atom. The van der Waals surface area contributed by atoms with Crippen LogP contribution >= 0.6 is 0 Å². The van der Waals surface area contributed by atoms with Gasteiger partial charge in [0.15, 0.2) is 0 Å². The van der Waals surface area contributed by atoms with Crippen LogP contribution in [0.5, 0.6) is 0 Å². The summed E-state index contributed by atoms with van der Waals surface area (Å²) < 4.78 is 24.7. The molecule has 1 aliphatic heterocycles. The maximum atomic E-state index is 6.23. The van der Waals surface area contributed by atoms with Crippen molar-refractivity contribution in [3.63, 3.8) is 0 Å². The van der Waals surface area contributed by atoms with Crippen LogP contribution in [-0.4, -0.2) is 51.8 Å². The van der Waals surface area contributed by atoms with Gasteiger partial charge in [-0.15, -0.1) is 0 Å². The van der Waals surface area contributed by atoms with E-state index in [1.807, 2.05) is 0 Å². The molecule has 0 aromatic carbocycles. The minimum Gasteiger partial charge on any atom is -0.379 e. The van der Waals surface area contributed by atoms with Gasteiger partial charge in [-0.3, -0.25) is 0 Å². The van der Waals surface area contributed by atoms with Crippen LogP contribution in [0.2, 0.25) is 0 Å². The molecule has 540 valence electrons. The standard InChI is InChI=1S/C86H172O4/c1-69-31-19-35-73(5)43-27-51-81(13)59-63-87-67-85(17)89-65-61-83(15)54-30-46-76(8)38-22-34-72(4)42-26-50-80(12)58-56-78(10)48-24-40-70(2)32-20-36-74(6)44-28-52-82(14)60-64-88-68-86(18)90-66-62-84(16)53-29-45-75(7)37-21-33-71(3)41-25-49-79(11)57-55-77(9)47-23-39-69/h69-86H,19-68H2,1-18H3. The van der Waals surface area contributed by atoms with Gasteiger partial charge in [-0.25, -0.2) is 0 Å². The molecule has 4 nitrogen and oxygen atoms in total. The highest BCUT2D eigenvalue weighted by Crippen LogP contribution is 2.30. The molecule has 4 heteroatoms. The van der Waals surface area contributed by atoms with E-state index in [2.05, 4.69) is 125 Å². The topological polar surface area (TPSA) is 36.9 Å². The molecule has 0 aromatic heterocycles. The molecule has 90 heavy (non-hydrogen) atoms. The Balaban J connectivity index is 2.46. The lowest BCUT2D eigenvalue weighted by atomic mass is 9.88. The van der Waals surface area contributed by atoms with Crippen LogP contribution in [-0.2, 0) is 18.9 Å². The van der Waals surface area contributed by atoms with Crippen molar-refractivity contribution in [3.8, 4) is 0 Å². The van der Waals surface area contributed by atoms with E-state index in [0.717, 1.165) is 134 Å². The lowest BCUT2D eigenvalue weighted by molar-refractivity contribution is -0.0132. The van der Waals surface area contributed by atoms with Gasteiger partial charge >= 0.3 is 0 Å². The Hall–Kier alpha value is -0.160. The fraction of sp³-hybridized carbons (Fsp3) is 1.00. The largest absolute Gasteiger partial charge is 0.379 e. The van der Waals surface area contributed by atoms with Gasteiger partial charge in [-0.2, -0.15) is 0 Å². The molecule has 1 rings (SSSR count). The average Bonchev–Trinajstić information content (AvgIpc) is 3.55. The minimum absolute atomic E-state index is 0.193. The molecular weight excluding hydrogens is 1100 g/mol. The van der Waals surface area contributed by atoms with E-state index in [0.29, 0.717) is 0 Å². The summed E-state index contributed by atoms with van der Waals surface area (Å²) in [6.07, 6.45) is 61.4. The first kappa shape index (κ1) is 87.9. The van der Waals surface area contributed by atoms with Crippen molar-refractivity contribution >= 4 is 0 Å². The second-order valence-corrected chi connectivity index (χ2v) is 34.7. The third-order valence-electron chi connectivity index (χ3n) is 23.3. The minimum atomic E-state index is 0.193. The van der Waals surface area contributed by atoms with Gasteiger partial charge < -0.3 is 18.9 Å². The van der Waals surface area contributed by atoms with E-state index >= 15 is 0 Å². The first-order valence-corrected chi connectivity index (χ1v) is 41.5. The highest BCUT2D eigenvalue weighted by atomic mass is 16.5. The van der Waals surface area contributed by atoms with Gasteiger partial charge in [0.1, 0.15) is 0 Å². The molecule has 18 atom stereocenters. The van der Waals surface area contributed by atoms with Gasteiger partial charge in [0, 0.05) is 26.4 Å². The predicted octanol–water partition coefficient (Wildman–Crippen LogP) is 28.2. The smallest absolute Gasteiger partial charge is 0.0780 e. The summed E-state index contributed by atoms with van der Waals surface area (Å²) in [6, 6.07) is 0. The Morgan fingerprint density at radius 1 is 0.144 bits per heavy atom. The summed E-state index contributed by atoms with van der Waals surface area (Å²) in [5.74, 6) is 13.5. The van der Waals surface area contributed by atoms with Crippen molar-refractivity contribution < 1.29 is 18.9 Å². The quantitative estimate of drug-likeness (QED) is 0.242. The Labute approximate surface area is 569 Å². The zero-order valence-electron chi connectivity index (χ0n) is 65.4. The van der Waals surface area contributed by atoms with Crippen molar-refractivity contribution in [2.45, 2.75) is 419 Å². The second-order valence-electron chi connectivity index (χ2n) is 34.7. The van der Waals surface area contributed by atoms with Crippen molar-refractivity contribution in [2.24, 2.45) is 94.7 Å². The molecule has 1 saturated heterocycles. The third-order valence-corrected chi connectivity index (χ3v) is 23.3. The van der Waals surface area contributed by atoms with E-state index in [1.54, 1.807) is 0 Å². The SMILES string of the molecule is CC1CCCC(C)CCCC(C)CCC(C)CCCC(C)CCCC(C)CCCC(C)CCOC(C)COCCC(C)CCCC(C)CCCC(C)CCCC(C)CCC(C)CCCC(C)CCCC(C)CCCC(C)CCOC(C)COCCC(C)CCC1. The summed E-state index contributed by atoms with van der Waals surface area (Å²) >= 11 is 0. The molecule has 0 amide bonds. The molecular formula is C86H172O4. The van der Waals surface area contributed by atoms with Gasteiger partial charge in [-0.1, -0.05) is 368 Å². The molecule has 1 heterocycles. The van der Waals surface area contributed by atoms with Crippen LogP contribution in [0, 0.1) is 94.7 Å². The number of hydrogen-bond acceptors (Lipinski definition) is 4. The lowest BCUT2D eigenvalue weighted by Crippen LogP contribution is -2.18. The van der Waals surface area contributed by atoms with E-state index in [1.165, 1.54) is 283 Å². The highest BCUT2D eigenvalue weighted by molar-refractivity contribution is 4.69. The maximum Gasteiger partial charge on any atom is 0.0780 e. The maximum absolute atomic E-state index is 6.23. The van der Waals surface area contributed by atoms with Crippen LogP contribution in [0.1, 0.15) is 407 Å². The van der Waals surface area contributed by atoms with Crippen LogP contribution in [0.15, 0.2) is 0 Å². The molecule has 0 aliphatic carbocycles. The molecule has 1 fully saturated rings. The summed E-state index contributed by atoms with van der Waals surface area (Å²) in [4.78, 5) is 0. The predicted molar refractivity (Wildman–Crippen MR) is 402 cm³/mol. The summed E-state index contributed by atoms with van der Waals surface area (Å²) in [5, 5.41) is 0. The fourth-order valence-corrected chi connectivity index (χ4v) is 15.3. The van der Waals surface area contributed by atoms with E-state index in [4.69, 9.17) is 18.9 Å². The van der Waals surface area contributed by atoms with Gasteiger partial charge in [-0.05, 0) is 134 Å². The van der Waals surface area contributed by atoms with Gasteiger partial charge in [0.05, 0.1) is 25.4 Å². The number of rotatable bonds is 0. The van der Waals surface area contributed by atoms with E-state index in [9.17, 15) is 0 Å². The zero-order valence-corrected chi connectivity index (χ0v) is 65.4. The Kier molecular flexibility index (Phi) is 57.5. The van der Waals surface area contributed by atoms with Crippen molar-refractivity contribution in [1.29, 1.82) is 0 Å². The second kappa shape index (κ2) is 58.9. The lowest BCUT2D eigenvalue weighted by Gasteiger charge is -2.19. The summed E-state index contributed by atoms with van der Waals surface area (Å²) in [7, 11) is 0. The molecule has 1 aliphatic rings. The molecule has 0 aromatic rings. The van der Waals surface area contributed by atoms with Gasteiger partial charge in [0.25, 0.3) is 0 Å². The summed E-state index contributed by atoms with van der Waals surface area (Å²) in [6.45, 7) is 49.4. The molecule has 18 unspecified atom stereocenters. The van der Waals surface area contributed by atoms with Crippen molar-refractivity contribution in [2.75, 3.05) is 39.6 Å². The first-order chi connectivity index (χ1) is 43.1. The van der Waals surface area contributed by atoms with Crippen LogP contribution in [0.4, 0.5) is 0 Å². The normalized spacial score (nSPS) is 36.6. The highest BCUT2D eigenvalue weighted by Gasteiger charge is 2.17. The Bertz CT molecular complexity index is 1370. The third kappa shape index (κ3) is 57.0. The first-order valence-electron chi connectivity index (χ1n) is 41.5. The van der Waals surface area contributed by atoms with Crippen molar-refractivity contribution in [3.05, 3.63) is 0 Å². The van der Waals surface area contributed by atoms with Crippen molar-refractivity contribution in [1.82, 2.24) is 0 Å². The van der Waals surface area contributed by atoms with Gasteiger partial charge in [0.2, 0.25) is 0 Å². The monoisotopic (exact) mass is 1270 g/mol. The molecule has 0 radical (unpaired) electrons. The van der Waals surface area contributed by atoms with Crippen LogP contribution < -0.4 is 0 Å². The van der Waals surface area contributed by atoms with E-state index in [-0.39, 0.29) is 12.2 Å².